The third kappa shape index (κ3) is 2.55. The van der Waals surface area contributed by atoms with Crippen molar-refractivity contribution in [3.63, 3.8) is 0 Å². The summed E-state index contributed by atoms with van der Waals surface area (Å²) in [6.07, 6.45) is 0. The molecule has 1 aromatic rings. The average molecular weight is 210 g/mol. The van der Waals surface area contributed by atoms with Gasteiger partial charge in [-0.3, -0.25) is 4.79 Å². The van der Waals surface area contributed by atoms with E-state index in [4.69, 9.17) is 5.11 Å². The summed E-state index contributed by atoms with van der Waals surface area (Å²) in [5, 5.41) is 9.09. The largest absolute Gasteiger partial charge is 0.481 e. The lowest BCUT2D eigenvalue weighted by molar-refractivity contribution is -0.139. The van der Waals surface area contributed by atoms with Gasteiger partial charge in [0.25, 0.3) is 0 Å². The maximum atomic E-state index is 13.0. The first kappa shape index (κ1) is 11.7. The number of aryl methyl sites for hydroxylation is 1. The highest BCUT2D eigenvalue weighted by molar-refractivity contribution is 5.77. The highest BCUT2D eigenvalue weighted by Crippen LogP contribution is 2.27. The van der Waals surface area contributed by atoms with Gasteiger partial charge in [0.15, 0.2) is 0 Å². The Bertz CT molecular complexity index is 372. The summed E-state index contributed by atoms with van der Waals surface area (Å²) in [5.74, 6) is -1.98. The van der Waals surface area contributed by atoms with E-state index in [1.165, 1.54) is 12.1 Å². The predicted octanol–water partition coefficient (Wildman–Crippen LogP) is 2.96. The summed E-state index contributed by atoms with van der Waals surface area (Å²) in [7, 11) is 0. The van der Waals surface area contributed by atoms with Crippen LogP contribution in [0.25, 0.3) is 0 Å². The van der Waals surface area contributed by atoms with Crippen LogP contribution in [0.4, 0.5) is 4.39 Å². The molecule has 15 heavy (non-hydrogen) atoms. The van der Waals surface area contributed by atoms with Crippen LogP contribution in [0.2, 0.25) is 0 Å². The van der Waals surface area contributed by atoms with E-state index in [1.54, 1.807) is 13.0 Å². The van der Waals surface area contributed by atoms with Gasteiger partial charge in [-0.1, -0.05) is 19.9 Å². The van der Waals surface area contributed by atoms with Crippen molar-refractivity contribution < 1.29 is 14.3 Å². The monoisotopic (exact) mass is 210 g/mol. The van der Waals surface area contributed by atoms with Crippen molar-refractivity contribution in [3.8, 4) is 0 Å². The second-order valence-electron chi connectivity index (χ2n) is 4.06. The third-order valence-electron chi connectivity index (χ3n) is 2.51. The molecule has 0 radical (unpaired) electrons. The molecule has 0 fully saturated rings. The average Bonchev–Trinajstić information content (AvgIpc) is 2.10. The molecule has 1 N–H and O–H groups in total. The van der Waals surface area contributed by atoms with Gasteiger partial charge in [-0.25, -0.2) is 4.39 Å². The van der Waals surface area contributed by atoms with Crippen LogP contribution in [0.3, 0.4) is 0 Å². The number of carboxylic acids is 1. The van der Waals surface area contributed by atoms with E-state index in [1.807, 2.05) is 13.8 Å². The van der Waals surface area contributed by atoms with Crippen LogP contribution < -0.4 is 0 Å². The summed E-state index contributed by atoms with van der Waals surface area (Å²) in [5.41, 5.74) is 1.38. The van der Waals surface area contributed by atoms with Crippen molar-refractivity contribution >= 4 is 5.97 Å². The Hall–Kier alpha value is -1.38. The van der Waals surface area contributed by atoms with Crippen LogP contribution in [0.5, 0.6) is 0 Å². The molecule has 1 rings (SSSR count). The first-order valence-electron chi connectivity index (χ1n) is 4.92. The molecule has 0 saturated heterocycles. The van der Waals surface area contributed by atoms with Gasteiger partial charge in [-0.05, 0) is 36.1 Å². The quantitative estimate of drug-likeness (QED) is 0.832. The predicted molar refractivity (Wildman–Crippen MR) is 56.4 cm³/mol. The van der Waals surface area contributed by atoms with Crippen LogP contribution in [-0.2, 0) is 4.79 Å². The van der Waals surface area contributed by atoms with E-state index < -0.39 is 11.9 Å². The molecule has 1 atom stereocenters. The van der Waals surface area contributed by atoms with Crippen LogP contribution in [0.15, 0.2) is 18.2 Å². The smallest absolute Gasteiger partial charge is 0.311 e. The number of carbonyl (C=O) groups is 1. The first-order valence-corrected chi connectivity index (χ1v) is 4.92. The molecule has 1 unspecified atom stereocenters. The summed E-state index contributed by atoms with van der Waals surface area (Å²) < 4.78 is 13.0. The molecule has 0 spiro atoms. The number of halogens is 1. The SMILES string of the molecule is Cc1ccc(F)cc1C(C(=O)O)C(C)C. The Kier molecular flexibility index (Phi) is 3.45. The highest BCUT2D eigenvalue weighted by atomic mass is 19.1. The fraction of sp³-hybridized carbons (Fsp3) is 0.417. The van der Waals surface area contributed by atoms with Gasteiger partial charge in [0.05, 0.1) is 5.92 Å². The summed E-state index contributed by atoms with van der Waals surface area (Å²) in [4.78, 5) is 11.1. The second kappa shape index (κ2) is 4.43. The van der Waals surface area contributed by atoms with Gasteiger partial charge in [-0.2, -0.15) is 0 Å². The lowest BCUT2D eigenvalue weighted by Gasteiger charge is -2.18. The normalized spacial score (nSPS) is 12.9. The maximum absolute atomic E-state index is 13.0. The van der Waals surface area contributed by atoms with Gasteiger partial charge >= 0.3 is 5.97 Å². The molecular formula is C12H15FO2. The number of hydrogen-bond donors (Lipinski definition) is 1. The Morgan fingerprint density at radius 2 is 2.00 bits per heavy atom. The number of aliphatic carboxylic acids is 1. The molecule has 0 aliphatic heterocycles. The van der Waals surface area contributed by atoms with Crippen LogP contribution in [0, 0.1) is 18.7 Å². The Morgan fingerprint density at radius 3 is 2.47 bits per heavy atom. The van der Waals surface area contributed by atoms with E-state index in [0.717, 1.165) is 5.56 Å². The maximum Gasteiger partial charge on any atom is 0.311 e. The van der Waals surface area contributed by atoms with Gasteiger partial charge in [0, 0.05) is 0 Å². The van der Waals surface area contributed by atoms with E-state index in [0.29, 0.717) is 5.56 Å². The van der Waals surface area contributed by atoms with Crippen molar-refractivity contribution in [3.05, 3.63) is 35.1 Å². The minimum absolute atomic E-state index is 0.0528. The number of carboxylic acid groups (broad SMARTS) is 1. The zero-order valence-electron chi connectivity index (χ0n) is 9.12. The van der Waals surface area contributed by atoms with Gasteiger partial charge in [-0.15, -0.1) is 0 Å². The van der Waals surface area contributed by atoms with Gasteiger partial charge in [0.2, 0.25) is 0 Å². The van der Waals surface area contributed by atoms with E-state index in [-0.39, 0.29) is 11.7 Å². The third-order valence-corrected chi connectivity index (χ3v) is 2.51. The zero-order chi connectivity index (χ0) is 11.6. The molecule has 0 aliphatic carbocycles. The lowest BCUT2D eigenvalue weighted by atomic mass is 9.86. The zero-order valence-corrected chi connectivity index (χ0v) is 9.12. The molecule has 0 heterocycles. The molecule has 2 nitrogen and oxygen atoms in total. The molecule has 82 valence electrons. The summed E-state index contributed by atoms with van der Waals surface area (Å²) in [6, 6.07) is 4.27. The highest BCUT2D eigenvalue weighted by Gasteiger charge is 2.25. The molecule has 1 aromatic carbocycles. The van der Waals surface area contributed by atoms with Crippen molar-refractivity contribution in [1.29, 1.82) is 0 Å². The summed E-state index contributed by atoms with van der Waals surface area (Å²) >= 11 is 0. The standard InChI is InChI=1S/C12H15FO2/c1-7(2)11(12(14)15)10-6-9(13)5-4-8(10)3/h4-7,11H,1-3H3,(H,14,15). The Balaban J connectivity index is 3.22. The van der Waals surface area contributed by atoms with Gasteiger partial charge < -0.3 is 5.11 Å². The molecular weight excluding hydrogens is 195 g/mol. The Morgan fingerprint density at radius 1 is 1.40 bits per heavy atom. The fourth-order valence-corrected chi connectivity index (χ4v) is 1.72. The van der Waals surface area contributed by atoms with Crippen LogP contribution >= 0.6 is 0 Å². The van der Waals surface area contributed by atoms with Crippen LogP contribution in [-0.4, -0.2) is 11.1 Å². The second-order valence-corrected chi connectivity index (χ2v) is 4.06. The van der Waals surface area contributed by atoms with E-state index in [2.05, 4.69) is 0 Å². The molecule has 3 heteroatoms. The van der Waals surface area contributed by atoms with Crippen molar-refractivity contribution in [2.75, 3.05) is 0 Å². The van der Waals surface area contributed by atoms with Crippen molar-refractivity contribution in [1.82, 2.24) is 0 Å². The number of hydrogen-bond acceptors (Lipinski definition) is 1. The molecule has 0 bridgehead atoms. The number of rotatable bonds is 3. The van der Waals surface area contributed by atoms with Crippen molar-refractivity contribution in [2.24, 2.45) is 5.92 Å². The van der Waals surface area contributed by atoms with Crippen molar-refractivity contribution in [2.45, 2.75) is 26.7 Å². The minimum Gasteiger partial charge on any atom is -0.481 e. The number of benzene rings is 1. The van der Waals surface area contributed by atoms with Crippen LogP contribution in [0.1, 0.15) is 30.9 Å². The minimum atomic E-state index is -0.904. The fourth-order valence-electron chi connectivity index (χ4n) is 1.72. The molecule has 0 amide bonds. The van der Waals surface area contributed by atoms with E-state index in [9.17, 15) is 9.18 Å². The van der Waals surface area contributed by atoms with Gasteiger partial charge in [0.1, 0.15) is 5.82 Å². The Labute approximate surface area is 88.7 Å². The lowest BCUT2D eigenvalue weighted by Crippen LogP contribution is -2.18. The molecule has 0 aromatic heterocycles. The first-order chi connectivity index (χ1) is 6.93. The summed E-state index contributed by atoms with van der Waals surface area (Å²) in [6.45, 7) is 5.44. The van der Waals surface area contributed by atoms with E-state index >= 15 is 0 Å². The molecule has 0 saturated carbocycles. The molecule has 0 aliphatic rings. The topological polar surface area (TPSA) is 37.3 Å².